The van der Waals surface area contributed by atoms with Gasteiger partial charge in [-0.2, -0.15) is 0 Å². The number of nitrogens with zero attached hydrogens (tertiary/aromatic N) is 3. The Balaban J connectivity index is 1.20. The first-order valence-corrected chi connectivity index (χ1v) is 12.9. The van der Waals surface area contributed by atoms with Gasteiger partial charge in [-0.05, 0) is 55.5 Å². The number of thiophene rings is 2. The van der Waals surface area contributed by atoms with Crippen molar-refractivity contribution in [2.45, 2.75) is 51.6 Å². The first-order valence-electron chi connectivity index (χ1n) is 11.2. The van der Waals surface area contributed by atoms with Crippen LogP contribution in [-0.2, 0) is 29.0 Å². The normalized spacial score (nSPS) is 17.2. The Morgan fingerprint density at radius 2 is 1.97 bits per heavy atom. The van der Waals surface area contributed by atoms with E-state index in [0.717, 1.165) is 27.9 Å². The molecule has 0 unspecified atom stereocenters. The number of hydrogen-bond acceptors (Lipinski definition) is 8. The lowest BCUT2D eigenvalue weighted by Gasteiger charge is -2.30. The van der Waals surface area contributed by atoms with E-state index in [1.807, 2.05) is 22.4 Å². The summed E-state index contributed by atoms with van der Waals surface area (Å²) in [6.45, 7) is 1.15. The van der Waals surface area contributed by atoms with Crippen LogP contribution in [0.25, 0.3) is 10.2 Å². The molecule has 0 radical (unpaired) electrons. The third-order valence-corrected chi connectivity index (χ3v) is 8.37. The Hall–Kier alpha value is -2.52. The number of fused-ring (bicyclic) bond motifs is 3. The maximum Gasteiger partial charge on any atom is 0.309 e. The molecule has 4 heterocycles. The molecule has 1 aliphatic carbocycles. The van der Waals surface area contributed by atoms with E-state index in [1.165, 1.54) is 41.0 Å². The molecule has 1 aliphatic heterocycles. The van der Waals surface area contributed by atoms with Crippen molar-refractivity contribution in [3.05, 3.63) is 38.7 Å². The molecule has 0 aromatic carbocycles. The Kier molecular flexibility index (Phi) is 6.10. The number of carbonyl (C=O) groups is 2. The quantitative estimate of drug-likeness (QED) is 0.453. The summed E-state index contributed by atoms with van der Waals surface area (Å²) in [7, 11) is 0. The highest BCUT2D eigenvalue weighted by molar-refractivity contribution is 7.19. The van der Waals surface area contributed by atoms with Gasteiger partial charge in [0.05, 0.1) is 16.2 Å². The first-order chi connectivity index (χ1) is 15.6. The molecule has 1 fully saturated rings. The lowest BCUT2D eigenvalue weighted by atomic mass is 9.97. The first kappa shape index (κ1) is 21.3. The summed E-state index contributed by atoms with van der Waals surface area (Å²) in [5.41, 5.74) is 7.60. The van der Waals surface area contributed by atoms with Gasteiger partial charge in [-0.15, -0.1) is 22.7 Å². The maximum absolute atomic E-state index is 12.6. The van der Waals surface area contributed by atoms with E-state index >= 15 is 0 Å². The zero-order chi connectivity index (χ0) is 22.1. The predicted octanol–water partition coefficient (Wildman–Crippen LogP) is 4.20. The summed E-state index contributed by atoms with van der Waals surface area (Å²) in [6.07, 6.45) is 6.95. The standard InChI is InChI=1S/C23H26N4O3S2/c24-20-19-15-5-2-1-3-6-16(15)32-21(19)26-18(25-20)13-30-23(29)14-8-10-27(11-9-14)22(28)17-7-4-12-31-17/h4,7,12,14H,1-3,5-6,8-11,13H2,(H2,24,25,26). The number of nitrogens with two attached hydrogens (primary N) is 1. The number of ether oxygens (including phenoxy) is 1. The molecular weight excluding hydrogens is 444 g/mol. The number of nitrogen functional groups attached to an aromatic ring is 1. The van der Waals surface area contributed by atoms with E-state index in [2.05, 4.69) is 9.97 Å². The molecule has 9 heteroatoms. The highest BCUT2D eigenvalue weighted by Crippen LogP contribution is 2.37. The lowest BCUT2D eigenvalue weighted by molar-refractivity contribution is -0.151. The Morgan fingerprint density at radius 1 is 1.16 bits per heavy atom. The molecule has 1 amide bonds. The van der Waals surface area contributed by atoms with Crippen LogP contribution in [0.2, 0.25) is 0 Å². The van der Waals surface area contributed by atoms with Gasteiger partial charge in [0.15, 0.2) is 12.4 Å². The van der Waals surface area contributed by atoms with Gasteiger partial charge in [0.2, 0.25) is 0 Å². The molecule has 0 bridgehead atoms. The number of piperidine rings is 1. The second-order valence-electron chi connectivity index (χ2n) is 8.42. The van der Waals surface area contributed by atoms with E-state index in [-0.39, 0.29) is 24.4 Å². The highest BCUT2D eigenvalue weighted by Gasteiger charge is 2.29. The summed E-state index contributed by atoms with van der Waals surface area (Å²) in [6, 6.07) is 3.71. The number of esters is 1. The van der Waals surface area contributed by atoms with Gasteiger partial charge in [-0.1, -0.05) is 12.5 Å². The molecule has 2 aliphatic rings. The number of anilines is 1. The van der Waals surface area contributed by atoms with E-state index in [0.29, 0.717) is 37.6 Å². The van der Waals surface area contributed by atoms with Crippen LogP contribution in [0.15, 0.2) is 17.5 Å². The van der Waals surface area contributed by atoms with Gasteiger partial charge in [0.25, 0.3) is 5.91 Å². The number of rotatable bonds is 4. The molecule has 0 spiro atoms. The molecule has 7 nitrogen and oxygen atoms in total. The van der Waals surface area contributed by atoms with Crippen molar-refractivity contribution in [1.82, 2.24) is 14.9 Å². The monoisotopic (exact) mass is 470 g/mol. The van der Waals surface area contributed by atoms with Gasteiger partial charge >= 0.3 is 5.97 Å². The SMILES string of the molecule is Nc1nc(COC(=O)C2CCN(C(=O)c3cccs3)CC2)nc2sc3c(c12)CCCCC3. The summed E-state index contributed by atoms with van der Waals surface area (Å²) in [5, 5.41) is 2.89. The minimum Gasteiger partial charge on any atom is -0.457 e. The number of likely N-dealkylation sites (tertiary alicyclic amines) is 1. The van der Waals surface area contributed by atoms with Crippen molar-refractivity contribution in [1.29, 1.82) is 0 Å². The van der Waals surface area contributed by atoms with Gasteiger partial charge < -0.3 is 15.4 Å². The maximum atomic E-state index is 12.6. The van der Waals surface area contributed by atoms with E-state index < -0.39 is 0 Å². The van der Waals surface area contributed by atoms with Crippen molar-refractivity contribution in [2.75, 3.05) is 18.8 Å². The second-order valence-corrected chi connectivity index (χ2v) is 10.5. The summed E-state index contributed by atoms with van der Waals surface area (Å²) < 4.78 is 5.55. The Labute approximate surface area is 194 Å². The van der Waals surface area contributed by atoms with Crippen LogP contribution < -0.4 is 5.73 Å². The average molecular weight is 471 g/mol. The van der Waals surface area contributed by atoms with Crippen LogP contribution in [0.1, 0.15) is 58.0 Å². The minimum absolute atomic E-state index is 0.0237. The molecule has 0 saturated carbocycles. The van der Waals surface area contributed by atoms with Gasteiger partial charge in [-0.25, -0.2) is 9.97 Å². The third-order valence-electron chi connectivity index (χ3n) is 6.33. The van der Waals surface area contributed by atoms with Crippen molar-refractivity contribution in [3.8, 4) is 0 Å². The fraction of sp³-hybridized carbons (Fsp3) is 0.478. The van der Waals surface area contributed by atoms with Crippen LogP contribution in [0, 0.1) is 5.92 Å². The van der Waals surface area contributed by atoms with Crippen LogP contribution in [-0.4, -0.2) is 39.8 Å². The predicted molar refractivity (Wildman–Crippen MR) is 126 cm³/mol. The van der Waals surface area contributed by atoms with E-state index in [9.17, 15) is 9.59 Å². The lowest BCUT2D eigenvalue weighted by Crippen LogP contribution is -2.40. The molecule has 5 rings (SSSR count). The molecule has 2 N–H and O–H groups in total. The van der Waals surface area contributed by atoms with Crippen molar-refractivity contribution in [2.24, 2.45) is 5.92 Å². The molecule has 0 atom stereocenters. The summed E-state index contributed by atoms with van der Waals surface area (Å²) in [5.74, 6) is 0.517. The van der Waals surface area contributed by atoms with Crippen LogP contribution in [0.5, 0.6) is 0 Å². The number of aryl methyl sites for hydroxylation is 2. The van der Waals surface area contributed by atoms with Crippen molar-refractivity contribution < 1.29 is 14.3 Å². The molecule has 3 aromatic rings. The van der Waals surface area contributed by atoms with Crippen LogP contribution in [0.4, 0.5) is 5.82 Å². The summed E-state index contributed by atoms with van der Waals surface area (Å²) in [4.78, 5) is 39.0. The third kappa shape index (κ3) is 4.23. The average Bonchev–Trinajstić information content (AvgIpc) is 3.40. The highest BCUT2D eigenvalue weighted by atomic mass is 32.1. The Bertz CT molecular complexity index is 1130. The number of amides is 1. The summed E-state index contributed by atoms with van der Waals surface area (Å²) >= 11 is 3.14. The fourth-order valence-electron chi connectivity index (χ4n) is 4.60. The second kappa shape index (κ2) is 9.15. The zero-order valence-corrected chi connectivity index (χ0v) is 19.5. The van der Waals surface area contributed by atoms with Crippen LogP contribution in [0.3, 0.4) is 0 Å². The van der Waals surface area contributed by atoms with Gasteiger partial charge in [-0.3, -0.25) is 9.59 Å². The topological polar surface area (TPSA) is 98.4 Å². The van der Waals surface area contributed by atoms with E-state index in [1.54, 1.807) is 11.3 Å². The molecule has 3 aromatic heterocycles. The molecular formula is C23H26N4O3S2. The van der Waals surface area contributed by atoms with Gasteiger partial charge in [0, 0.05) is 18.0 Å². The minimum atomic E-state index is -0.252. The van der Waals surface area contributed by atoms with E-state index in [4.69, 9.17) is 10.5 Å². The fourth-order valence-corrected chi connectivity index (χ4v) is 6.58. The molecule has 1 saturated heterocycles. The smallest absolute Gasteiger partial charge is 0.309 e. The number of hydrogen-bond donors (Lipinski definition) is 1. The van der Waals surface area contributed by atoms with Crippen LogP contribution >= 0.6 is 22.7 Å². The number of aromatic nitrogens is 2. The molecule has 168 valence electrons. The molecule has 32 heavy (non-hydrogen) atoms. The van der Waals surface area contributed by atoms with Gasteiger partial charge in [0.1, 0.15) is 10.6 Å². The zero-order valence-electron chi connectivity index (χ0n) is 17.8. The Morgan fingerprint density at radius 3 is 2.75 bits per heavy atom. The van der Waals surface area contributed by atoms with Crippen molar-refractivity contribution in [3.63, 3.8) is 0 Å². The van der Waals surface area contributed by atoms with Crippen molar-refractivity contribution >= 4 is 50.6 Å². The largest absolute Gasteiger partial charge is 0.457 e. The number of carbonyl (C=O) groups excluding carboxylic acids is 2.